The first-order chi connectivity index (χ1) is 19.9. The Morgan fingerprint density at radius 1 is 1.05 bits per heavy atom. The Bertz CT molecular complexity index is 1830. The van der Waals surface area contributed by atoms with Crippen LogP contribution >= 0.6 is 22.9 Å². The number of nitrogens with one attached hydrogen (secondary N) is 1. The van der Waals surface area contributed by atoms with Gasteiger partial charge in [-0.3, -0.25) is 9.59 Å². The van der Waals surface area contributed by atoms with Crippen LogP contribution in [-0.2, 0) is 23.2 Å². The van der Waals surface area contributed by atoms with Gasteiger partial charge in [0.25, 0.3) is 11.5 Å². The Hall–Kier alpha value is -3.78. The van der Waals surface area contributed by atoms with Crippen molar-refractivity contribution < 1.29 is 9.90 Å². The van der Waals surface area contributed by atoms with Crippen molar-refractivity contribution in [3.63, 3.8) is 0 Å². The van der Waals surface area contributed by atoms with Crippen LogP contribution in [0.5, 0.6) is 0 Å². The molecule has 0 spiro atoms. The minimum atomic E-state index is -1.32. The van der Waals surface area contributed by atoms with Crippen LogP contribution in [0.3, 0.4) is 0 Å². The van der Waals surface area contributed by atoms with Gasteiger partial charge in [0, 0.05) is 21.1 Å². The molecule has 0 saturated heterocycles. The van der Waals surface area contributed by atoms with Crippen molar-refractivity contribution in [1.29, 1.82) is 0 Å². The van der Waals surface area contributed by atoms with Crippen molar-refractivity contribution in [3.8, 4) is 10.4 Å². The van der Waals surface area contributed by atoms with Gasteiger partial charge >= 0.3 is 0 Å². The Labute approximate surface area is 246 Å². The highest BCUT2D eigenvalue weighted by Gasteiger charge is 2.48. The van der Waals surface area contributed by atoms with Crippen LogP contribution in [0.1, 0.15) is 53.6 Å². The van der Waals surface area contributed by atoms with Gasteiger partial charge in [-0.05, 0) is 78.1 Å². The van der Waals surface area contributed by atoms with Gasteiger partial charge in [-0.25, -0.2) is 4.98 Å². The van der Waals surface area contributed by atoms with E-state index in [4.69, 9.17) is 16.6 Å². The number of carbonyl (C=O) groups is 1. The molecule has 0 bridgehead atoms. The summed E-state index contributed by atoms with van der Waals surface area (Å²) in [5.74, 6) is 0.258. The second-order valence-corrected chi connectivity index (χ2v) is 12.5. The normalized spacial score (nSPS) is 16.7. The van der Waals surface area contributed by atoms with E-state index in [-0.39, 0.29) is 17.5 Å². The van der Waals surface area contributed by atoms with Gasteiger partial charge in [-0.15, -0.1) is 11.3 Å². The molecule has 2 aliphatic rings. The number of hydrogen-bond acceptors (Lipinski definition) is 5. The third-order valence-electron chi connectivity index (χ3n) is 8.33. The van der Waals surface area contributed by atoms with Crippen molar-refractivity contribution in [2.45, 2.75) is 43.7 Å². The predicted molar refractivity (Wildman–Crippen MR) is 162 cm³/mol. The molecule has 0 unspecified atom stereocenters. The summed E-state index contributed by atoms with van der Waals surface area (Å²) in [5, 5.41) is 13.0. The van der Waals surface area contributed by atoms with E-state index in [2.05, 4.69) is 23.2 Å². The average molecular weight is 582 g/mol. The van der Waals surface area contributed by atoms with Crippen LogP contribution in [0.25, 0.3) is 20.5 Å². The molecule has 2 aromatic heterocycles. The number of aryl methyl sites for hydroxylation is 1. The summed E-state index contributed by atoms with van der Waals surface area (Å²) in [6.45, 7) is 0.560. The van der Waals surface area contributed by atoms with E-state index in [0.29, 0.717) is 41.4 Å². The second-order valence-electron chi connectivity index (χ2n) is 11.0. The monoisotopic (exact) mass is 581 g/mol. The summed E-state index contributed by atoms with van der Waals surface area (Å²) < 4.78 is 1.19. The van der Waals surface area contributed by atoms with E-state index in [0.717, 1.165) is 34.5 Å². The number of hydrogen-bond donors (Lipinski definition) is 2. The van der Waals surface area contributed by atoms with Crippen molar-refractivity contribution in [1.82, 2.24) is 14.9 Å². The molecule has 1 aliphatic carbocycles. The summed E-state index contributed by atoms with van der Waals surface area (Å²) in [5.41, 5.74) is 3.23. The zero-order valence-corrected chi connectivity index (χ0v) is 23.8. The smallest absolute Gasteiger partial charge is 0.256 e. The van der Waals surface area contributed by atoms with E-state index in [1.165, 1.54) is 10.1 Å². The van der Waals surface area contributed by atoms with Crippen LogP contribution in [0.15, 0.2) is 83.7 Å². The van der Waals surface area contributed by atoms with Gasteiger partial charge in [0.15, 0.2) is 6.10 Å². The quantitative estimate of drug-likeness (QED) is 0.252. The van der Waals surface area contributed by atoms with E-state index in [1.54, 1.807) is 22.3 Å². The number of aromatic nitrogens is 2. The van der Waals surface area contributed by atoms with Crippen molar-refractivity contribution in [2.24, 2.45) is 0 Å². The Kier molecular flexibility index (Phi) is 6.53. The third kappa shape index (κ3) is 4.78. The topological polar surface area (TPSA) is 86.3 Å². The zero-order valence-electron chi connectivity index (χ0n) is 22.3. The molecule has 6 nitrogen and oxygen atoms in total. The fourth-order valence-electron chi connectivity index (χ4n) is 5.91. The summed E-state index contributed by atoms with van der Waals surface area (Å²) in [6.07, 6.45) is 1.72. The number of fused-ring (bicyclic) bond motifs is 2. The number of rotatable bonds is 5. The molecular formula is C33H28ClN3O3S. The molecule has 1 aliphatic heterocycles. The first kappa shape index (κ1) is 26.1. The van der Waals surface area contributed by atoms with Crippen molar-refractivity contribution in [2.75, 3.05) is 6.54 Å². The number of aliphatic hydroxyl groups excluding tert-OH is 1. The fraction of sp³-hybridized carbons (Fsp3) is 0.242. The maximum atomic E-state index is 13.5. The van der Waals surface area contributed by atoms with Crippen LogP contribution in [0.2, 0.25) is 5.02 Å². The number of amides is 1. The third-order valence-corrected chi connectivity index (χ3v) is 9.73. The fourth-order valence-corrected chi connectivity index (χ4v) is 7.16. The van der Waals surface area contributed by atoms with Crippen LogP contribution < -0.4 is 5.56 Å². The molecule has 1 saturated carbocycles. The molecule has 1 amide bonds. The largest absolute Gasteiger partial charge is 0.378 e. The lowest BCUT2D eigenvalue weighted by molar-refractivity contribution is -0.141. The second kappa shape index (κ2) is 10.2. The standard InChI is InChI=1S/C33H28ClN3O3S/c34-24-10-4-9-23(18-24)33(13-14-33)32-35-26-11-5-15-37(19-25(26)30(39)36-32)31(40)29(38)22-8-3-7-20(16-22)28-17-21-6-1-2-12-27(21)41-28/h1-4,6-10,12,16-18,29,38H,5,11,13-15,19H2,(H,35,36,39)/t29-/m1/s1. The molecule has 5 aromatic rings. The predicted octanol–water partition coefficient (Wildman–Crippen LogP) is 6.39. The molecule has 3 heterocycles. The molecular weight excluding hydrogens is 554 g/mol. The number of aromatic amines is 1. The Morgan fingerprint density at radius 3 is 2.68 bits per heavy atom. The summed E-state index contributed by atoms with van der Waals surface area (Å²) >= 11 is 7.94. The summed E-state index contributed by atoms with van der Waals surface area (Å²) in [7, 11) is 0. The van der Waals surface area contributed by atoms with E-state index >= 15 is 0 Å². The molecule has 0 radical (unpaired) electrons. The number of thiophene rings is 1. The lowest BCUT2D eigenvalue weighted by atomic mass is 9.94. The highest BCUT2D eigenvalue weighted by atomic mass is 35.5. The molecule has 1 atom stereocenters. The number of carbonyl (C=O) groups excluding carboxylic acids is 1. The van der Waals surface area contributed by atoms with E-state index in [9.17, 15) is 14.7 Å². The molecule has 41 heavy (non-hydrogen) atoms. The number of aliphatic hydroxyl groups is 1. The van der Waals surface area contributed by atoms with Crippen LogP contribution in [0, 0.1) is 0 Å². The average Bonchev–Trinajstić information content (AvgIpc) is 3.73. The number of H-pyrrole nitrogens is 1. The number of benzene rings is 3. The van der Waals surface area contributed by atoms with Gasteiger partial charge in [-0.1, -0.05) is 60.1 Å². The maximum Gasteiger partial charge on any atom is 0.256 e. The van der Waals surface area contributed by atoms with Crippen molar-refractivity contribution >= 4 is 38.9 Å². The Balaban J connectivity index is 1.14. The first-order valence-corrected chi connectivity index (χ1v) is 15.1. The minimum absolute atomic E-state index is 0.119. The number of halogens is 1. The highest BCUT2D eigenvalue weighted by Crippen LogP contribution is 2.52. The molecule has 206 valence electrons. The molecule has 1 fully saturated rings. The van der Waals surface area contributed by atoms with E-state index in [1.807, 2.05) is 54.6 Å². The van der Waals surface area contributed by atoms with Gasteiger partial charge in [0.05, 0.1) is 23.2 Å². The lowest BCUT2D eigenvalue weighted by Crippen LogP contribution is -2.36. The zero-order chi connectivity index (χ0) is 28.1. The van der Waals surface area contributed by atoms with Gasteiger partial charge in [0.2, 0.25) is 0 Å². The molecule has 2 N–H and O–H groups in total. The lowest BCUT2D eigenvalue weighted by Gasteiger charge is -2.24. The summed E-state index contributed by atoms with van der Waals surface area (Å²) in [4.78, 5) is 37.6. The van der Waals surface area contributed by atoms with Crippen LogP contribution in [0.4, 0.5) is 0 Å². The minimum Gasteiger partial charge on any atom is -0.378 e. The molecule has 8 heteroatoms. The number of nitrogens with zero attached hydrogens (tertiary/aromatic N) is 2. The summed E-state index contributed by atoms with van der Waals surface area (Å²) in [6, 6.07) is 25.6. The van der Waals surface area contributed by atoms with E-state index < -0.39 is 12.0 Å². The van der Waals surface area contributed by atoms with Gasteiger partial charge < -0.3 is 15.0 Å². The van der Waals surface area contributed by atoms with Crippen molar-refractivity contribution in [3.05, 3.63) is 122 Å². The molecule has 7 rings (SSSR count). The van der Waals surface area contributed by atoms with Gasteiger partial charge in [-0.2, -0.15) is 0 Å². The van der Waals surface area contributed by atoms with Gasteiger partial charge in [0.1, 0.15) is 5.82 Å². The first-order valence-electron chi connectivity index (χ1n) is 13.9. The van der Waals surface area contributed by atoms with Crippen LogP contribution in [-0.4, -0.2) is 32.4 Å². The highest BCUT2D eigenvalue weighted by molar-refractivity contribution is 7.22. The maximum absolute atomic E-state index is 13.5. The Morgan fingerprint density at radius 2 is 1.88 bits per heavy atom. The SMILES string of the molecule is O=C([C@H](O)c1cccc(-c2cc3ccccc3s2)c1)N1CCCc2nc(C3(c4cccc(Cl)c4)CC3)[nH]c(=O)c2C1. The molecule has 3 aromatic carbocycles.